The first-order chi connectivity index (χ1) is 15.2. The number of hydrogen-bond donors (Lipinski definition) is 0. The summed E-state index contributed by atoms with van der Waals surface area (Å²) in [5.74, 6) is 0.160. The van der Waals surface area contributed by atoms with E-state index >= 15 is 0 Å². The number of carbonyl (C=O) groups excluding carboxylic acids is 1. The molecule has 0 saturated heterocycles. The van der Waals surface area contributed by atoms with Crippen molar-refractivity contribution in [3.8, 4) is 0 Å². The molecule has 0 N–H and O–H groups in total. The van der Waals surface area contributed by atoms with Crippen molar-refractivity contribution in [3.05, 3.63) is 112 Å². The summed E-state index contributed by atoms with van der Waals surface area (Å²) in [6, 6.07) is 28.1. The Morgan fingerprint density at radius 2 is 1.61 bits per heavy atom. The summed E-state index contributed by atoms with van der Waals surface area (Å²) in [7, 11) is 0. The van der Waals surface area contributed by atoms with E-state index in [1.54, 1.807) is 5.01 Å². The predicted molar refractivity (Wildman–Crippen MR) is 129 cm³/mol. The van der Waals surface area contributed by atoms with Crippen LogP contribution in [0.25, 0.3) is 6.08 Å². The molecule has 5 rings (SSSR count). The van der Waals surface area contributed by atoms with E-state index in [2.05, 4.69) is 58.4 Å². The van der Waals surface area contributed by atoms with E-state index in [0.29, 0.717) is 5.56 Å². The fraction of sp³-hybridized carbons (Fsp3) is 0.185. The van der Waals surface area contributed by atoms with E-state index in [-0.39, 0.29) is 17.9 Å². The van der Waals surface area contributed by atoms with Crippen molar-refractivity contribution in [2.45, 2.75) is 25.3 Å². The molecule has 1 saturated carbocycles. The Balaban J connectivity index is 1.57. The first-order valence-corrected chi connectivity index (χ1v) is 11.5. The Kier molecular flexibility index (Phi) is 5.56. The molecular weight excluding hydrogens is 448 g/mol. The molecule has 0 bridgehead atoms. The molecule has 3 aromatic carbocycles. The minimum absolute atomic E-state index is 0.0534. The molecule has 2 atom stereocenters. The van der Waals surface area contributed by atoms with Crippen molar-refractivity contribution >= 4 is 33.6 Å². The van der Waals surface area contributed by atoms with Crippen LogP contribution in [0.1, 0.15) is 46.8 Å². The summed E-state index contributed by atoms with van der Waals surface area (Å²) in [4.78, 5) is 13.5. The Morgan fingerprint density at radius 3 is 2.32 bits per heavy atom. The summed E-state index contributed by atoms with van der Waals surface area (Å²) in [6.45, 7) is 0. The second kappa shape index (κ2) is 8.64. The molecule has 0 spiro atoms. The Hall–Kier alpha value is -2.98. The number of rotatable bonds is 3. The number of hydrogen-bond acceptors (Lipinski definition) is 2. The Morgan fingerprint density at radius 1 is 0.935 bits per heavy atom. The van der Waals surface area contributed by atoms with Gasteiger partial charge in [0.25, 0.3) is 5.91 Å². The predicted octanol–water partition coefficient (Wildman–Crippen LogP) is 6.89. The molecule has 0 radical (unpaired) electrons. The van der Waals surface area contributed by atoms with Gasteiger partial charge in [0.05, 0.1) is 11.8 Å². The second-order valence-electron chi connectivity index (χ2n) is 8.08. The van der Waals surface area contributed by atoms with Gasteiger partial charge in [-0.1, -0.05) is 76.6 Å². The number of carbonyl (C=O) groups is 1. The lowest BCUT2D eigenvalue weighted by Crippen LogP contribution is -2.31. The summed E-state index contributed by atoms with van der Waals surface area (Å²) < 4.78 is 0.957. The maximum absolute atomic E-state index is 13.5. The minimum atomic E-state index is -0.0770. The first kappa shape index (κ1) is 20.0. The lowest BCUT2D eigenvalue weighted by atomic mass is 9.77. The normalized spacial score (nSPS) is 21.6. The van der Waals surface area contributed by atoms with Gasteiger partial charge < -0.3 is 0 Å². The van der Waals surface area contributed by atoms with Crippen LogP contribution in [0.4, 0.5) is 0 Å². The Labute approximate surface area is 191 Å². The number of allylic oxidation sites excluding steroid dienone is 1. The SMILES string of the molecule is O=C(c1ccc(Br)cc1)N1N=C2/C(=C\c3ccccc3)CCC[C@@H]2[C@H]1c1ccccc1. The average Bonchev–Trinajstić information content (AvgIpc) is 3.21. The third-order valence-electron chi connectivity index (χ3n) is 6.08. The lowest BCUT2D eigenvalue weighted by Gasteiger charge is -2.29. The van der Waals surface area contributed by atoms with Crippen molar-refractivity contribution in [2.24, 2.45) is 11.0 Å². The monoisotopic (exact) mass is 470 g/mol. The molecular formula is C27H23BrN2O. The summed E-state index contributed by atoms with van der Waals surface area (Å²) in [5.41, 5.74) is 5.28. The molecule has 4 heteroatoms. The van der Waals surface area contributed by atoms with E-state index < -0.39 is 0 Å². The van der Waals surface area contributed by atoms with Gasteiger partial charge >= 0.3 is 0 Å². The number of hydrazone groups is 1. The number of halogens is 1. The molecule has 1 amide bonds. The lowest BCUT2D eigenvalue weighted by molar-refractivity contribution is 0.0681. The van der Waals surface area contributed by atoms with Crippen LogP contribution >= 0.6 is 15.9 Å². The van der Waals surface area contributed by atoms with Gasteiger partial charge in [0.1, 0.15) is 0 Å². The Bertz CT molecular complexity index is 1140. The zero-order chi connectivity index (χ0) is 21.2. The van der Waals surface area contributed by atoms with Crippen molar-refractivity contribution in [2.75, 3.05) is 0 Å². The highest BCUT2D eigenvalue weighted by Crippen LogP contribution is 2.44. The zero-order valence-corrected chi connectivity index (χ0v) is 18.7. The summed E-state index contributed by atoms with van der Waals surface area (Å²) in [6.07, 6.45) is 5.37. The van der Waals surface area contributed by atoms with Crippen molar-refractivity contribution in [1.29, 1.82) is 0 Å². The fourth-order valence-corrected chi connectivity index (χ4v) is 4.89. The van der Waals surface area contributed by atoms with Gasteiger partial charge in [-0.15, -0.1) is 0 Å². The van der Waals surface area contributed by atoms with Crippen molar-refractivity contribution in [3.63, 3.8) is 0 Å². The van der Waals surface area contributed by atoms with E-state index in [1.807, 2.05) is 48.5 Å². The minimum Gasteiger partial charge on any atom is -0.267 e. The van der Waals surface area contributed by atoms with Crippen LogP contribution in [0.2, 0.25) is 0 Å². The highest BCUT2D eigenvalue weighted by Gasteiger charge is 2.43. The van der Waals surface area contributed by atoms with Crippen molar-refractivity contribution in [1.82, 2.24) is 5.01 Å². The molecule has 31 heavy (non-hydrogen) atoms. The van der Waals surface area contributed by atoms with E-state index in [0.717, 1.165) is 35.0 Å². The van der Waals surface area contributed by atoms with Gasteiger partial charge in [0.2, 0.25) is 0 Å². The third kappa shape index (κ3) is 4.00. The number of nitrogens with zero attached hydrogens (tertiary/aromatic N) is 2. The van der Waals surface area contributed by atoms with Crippen molar-refractivity contribution < 1.29 is 4.79 Å². The molecule has 1 heterocycles. The summed E-state index contributed by atoms with van der Waals surface area (Å²) in [5, 5.41) is 6.69. The van der Waals surface area contributed by atoms with Gasteiger partial charge in [-0.25, -0.2) is 5.01 Å². The van der Waals surface area contributed by atoms with Gasteiger partial charge in [-0.05, 0) is 66.3 Å². The van der Waals surface area contributed by atoms with Crippen LogP contribution in [0, 0.1) is 5.92 Å². The van der Waals surface area contributed by atoms with Crippen LogP contribution in [-0.2, 0) is 0 Å². The largest absolute Gasteiger partial charge is 0.274 e. The van der Waals surface area contributed by atoms with E-state index in [1.165, 1.54) is 11.1 Å². The molecule has 1 aliphatic heterocycles. The molecule has 1 aliphatic carbocycles. The first-order valence-electron chi connectivity index (χ1n) is 10.7. The highest BCUT2D eigenvalue weighted by molar-refractivity contribution is 9.10. The summed E-state index contributed by atoms with van der Waals surface area (Å²) >= 11 is 3.46. The average molecular weight is 471 g/mol. The maximum atomic E-state index is 13.5. The quantitative estimate of drug-likeness (QED) is 0.410. The van der Waals surface area contributed by atoms with Gasteiger partial charge in [0.15, 0.2) is 0 Å². The molecule has 1 fully saturated rings. The van der Waals surface area contributed by atoms with Crippen LogP contribution in [0.5, 0.6) is 0 Å². The zero-order valence-electron chi connectivity index (χ0n) is 17.1. The smallest absolute Gasteiger partial charge is 0.267 e. The molecule has 0 unspecified atom stereocenters. The topological polar surface area (TPSA) is 32.7 Å². The molecule has 3 aromatic rings. The fourth-order valence-electron chi connectivity index (χ4n) is 4.63. The molecule has 154 valence electrons. The maximum Gasteiger partial charge on any atom is 0.274 e. The number of amides is 1. The highest BCUT2D eigenvalue weighted by atomic mass is 79.9. The van der Waals surface area contributed by atoms with Gasteiger partial charge in [0, 0.05) is 16.0 Å². The van der Waals surface area contributed by atoms with Crippen LogP contribution in [0.3, 0.4) is 0 Å². The second-order valence-corrected chi connectivity index (χ2v) is 8.99. The number of benzene rings is 3. The van der Waals surface area contributed by atoms with Gasteiger partial charge in [-0.3, -0.25) is 4.79 Å². The van der Waals surface area contributed by atoms with Crippen LogP contribution in [0.15, 0.2) is 100 Å². The molecule has 3 nitrogen and oxygen atoms in total. The van der Waals surface area contributed by atoms with E-state index in [4.69, 9.17) is 5.10 Å². The molecule has 0 aromatic heterocycles. The van der Waals surface area contributed by atoms with Crippen LogP contribution in [-0.4, -0.2) is 16.6 Å². The number of fused-ring (bicyclic) bond motifs is 1. The standard InChI is InChI=1S/C27H23BrN2O/c28-23-16-14-21(15-17-23)27(31)30-26(20-10-5-2-6-11-20)24-13-7-12-22(25(24)29-30)18-19-8-3-1-4-9-19/h1-6,8-11,14-18,24,26H,7,12-13H2/b22-18-/t24-,26+/m0/s1. The van der Waals surface area contributed by atoms with E-state index in [9.17, 15) is 4.79 Å². The van der Waals surface area contributed by atoms with Crippen LogP contribution < -0.4 is 0 Å². The van der Waals surface area contributed by atoms with Gasteiger partial charge in [-0.2, -0.15) is 5.10 Å². The third-order valence-corrected chi connectivity index (χ3v) is 6.61. The molecule has 2 aliphatic rings.